The second-order valence-electron chi connectivity index (χ2n) is 7.94. The summed E-state index contributed by atoms with van der Waals surface area (Å²) in [6.45, 7) is 6.80. The molecule has 2 unspecified atom stereocenters. The van der Waals surface area contributed by atoms with E-state index in [-0.39, 0.29) is 24.7 Å². The molecule has 1 saturated heterocycles. The van der Waals surface area contributed by atoms with Gasteiger partial charge in [0.25, 0.3) is 0 Å². The number of likely N-dealkylation sites (N-methyl/N-ethyl adjacent to an activating group) is 1. The van der Waals surface area contributed by atoms with Crippen LogP contribution in [0.5, 0.6) is 5.75 Å². The largest absolute Gasteiger partial charge is 0.491 e. The molecule has 1 aliphatic heterocycles. The molecule has 0 radical (unpaired) electrons. The molecule has 0 bridgehead atoms. The number of hydrogen-bond donors (Lipinski definition) is 2. The van der Waals surface area contributed by atoms with E-state index in [1.165, 1.54) is 0 Å². The third-order valence-corrected chi connectivity index (χ3v) is 4.98. The summed E-state index contributed by atoms with van der Waals surface area (Å²) in [6, 6.07) is 7.68. The molecule has 0 aromatic heterocycles. The summed E-state index contributed by atoms with van der Waals surface area (Å²) >= 11 is 0. The Kier molecular flexibility index (Phi) is 6.70. The number of nitrogens with zero attached hydrogens (tertiary/aromatic N) is 2. The average molecular weight is 377 g/mol. The lowest BCUT2D eigenvalue weighted by molar-refractivity contribution is -0.147. The number of aliphatic carboxylic acids is 1. The molecule has 7 heteroatoms. The molecule has 1 aromatic carbocycles. The summed E-state index contributed by atoms with van der Waals surface area (Å²) in [7, 11) is 3.93. The van der Waals surface area contributed by atoms with Gasteiger partial charge in [-0.2, -0.15) is 0 Å². The van der Waals surface area contributed by atoms with Crippen molar-refractivity contribution in [1.82, 2.24) is 15.1 Å². The summed E-state index contributed by atoms with van der Waals surface area (Å²) in [5.74, 6) is -0.0343. The summed E-state index contributed by atoms with van der Waals surface area (Å²) in [4.78, 5) is 27.5. The number of ether oxygens (including phenoxy) is 1. The highest BCUT2D eigenvalue weighted by molar-refractivity contribution is 5.79. The lowest BCUT2D eigenvalue weighted by atomic mass is 9.90. The standard InChI is InChI=1S/C20H31N3O4/c1-14(2)27-16-8-6-15(7-9-16)17(22(4)5)12-21-19(26)23-11-10-20(3,13-23)18(24)25/h6-9,14,17H,10-13H2,1-5H3,(H,21,26)(H,24,25). The van der Waals surface area contributed by atoms with Crippen LogP contribution >= 0.6 is 0 Å². The van der Waals surface area contributed by atoms with Crippen molar-refractivity contribution in [1.29, 1.82) is 0 Å². The molecule has 1 aliphatic rings. The first-order valence-electron chi connectivity index (χ1n) is 9.31. The monoisotopic (exact) mass is 377 g/mol. The van der Waals surface area contributed by atoms with Crippen LogP contribution in [0.15, 0.2) is 24.3 Å². The highest BCUT2D eigenvalue weighted by Gasteiger charge is 2.42. The molecule has 1 aromatic rings. The predicted molar refractivity (Wildman–Crippen MR) is 104 cm³/mol. The quantitative estimate of drug-likeness (QED) is 0.763. The van der Waals surface area contributed by atoms with Crippen LogP contribution in [0.3, 0.4) is 0 Å². The Balaban J connectivity index is 1.97. The topological polar surface area (TPSA) is 82.1 Å². The van der Waals surface area contributed by atoms with Crippen LogP contribution in [0.2, 0.25) is 0 Å². The van der Waals surface area contributed by atoms with Gasteiger partial charge in [-0.1, -0.05) is 12.1 Å². The van der Waals surface area contributed by atoms with Gasteiger partial charge in [-0.15, -0.1) is 0 Å². The third kappa shape index (κ3) is 5.35. The first-order valence-corrected chi connectivity index (χ1v) is 9.31. The molecule has 2 N–H and O–H groups in total. The van der Waals surface area contributed by atoms with E-state index in [1.54, 1.807) is 11.8 Å². The minimum atomic E-state index is -0.857. The maximum atomic E-state index is 12.5. The van der Waals surface area contributed by atoms with Crippen molar-refractivity contribution in [3.8, 4) is 5.75 Å². The molecule has 150 valence electrons. The molecule has 27 heavy (non-hydrogen) atoms. The molecule has 1 fully saturated rings. The number of amides is 2. The van der Waals surface area contributed by atoms with E-state index in [0.29, 0.717) is 19.5 Å². The van der Waals surface area contributed by atoms with Crippen LogP contribution < -0.4 is 10.1 Å². The van der Waals surface area contributed by atoms with Crippen molar-refractivity contribution in [2.75, 3.05) is 33.7 Å². The fraction of sp³-hybridized carbons (Fsp3) is 0.600. The molecular formula is C20H31N3O4. The van der Waals surface area contributed by atoms with Gasteiger partial charge in [0, 0.05) is 19.6 Å². The van der Waals surface area contributed by atoms with Gasteiger partial charge in [0.2, 0.25) is 0 Å². The van der Waals surface area contributed by atoms with Crippen molar-refractivity contribution >= 4 is 12.0 Å². The number of urea groups is 1. The Hall–Kier alpha value is -2.28. The molecule has 2 atom stereocenters. The summed E-state index contributed by atoms with van der Waals surface area (Å²) in [5, 5.41) is 12.3. The number of hydrogen-bond acceptors (Lipinski definition) is 4. The van der Waals surface area contributed by atoms with Gasteiger partial charge in [-0.25, -0.2) is 4.79 Å². The number of benzene rings is 1. The number of carbonyl (C=O) groups excluding carboxylic acids is 1. The first kappa shape index (κ1) is 21.0. The van der Waals surface area contributed by atoms with Gasteiger partial charge in [0.1, 0.15) is 5.75 Å². The average Bonchev–Trinajstić information content (AvgIpc) is 2.99. The summed E-state index contributed by atoms with van der Waals surface area (Å²) in [6.07, 6.45) is 0.598. The lowest BCUT2D eigenvalue weighted by Gasteiger charge is -2.27. The zero-order chi connectivity index (χ0) is 20.2. The molecule has 0 spiro atoms. The Morgan fingerprint density at radius 1 is 1.30 bits per heavy atom. The number of nitrogens with one attached hydrogen (secondary N) is 1. The second kappa shape index (κ2) is 8.61. The molecule has 1 heterocycles. The van der Waals surface area contributed by atoms with E-state index in [4.69, 9.17) is 4.74 Å². The maximum Gasteiger partial charge on any atom is 0.317 e. The molecule has 7 nitrogen and oxygen atoms in total. The fourth-order valence-corrected chi connectivity index (χ4v) is 3.24. The smallest absolute Gasteiger partial charge is 0.317 e. The third-order valence-electron chi connectivity index (χ3n) is 4.98. The minimum Gasteiger partial charge on any atom is -0.491 e. The van der Waals surface area contributed by atoms with E-state index in [2.05, 4.69) is 5.32 Å². The number of carboxylic acid groups (broad SMARTS) is 1. The Morgan fingerprint density at radius 3 is 2.41 bits per heavy atom. The van der Waals surface area contributed by atoms with E-state index in [0.717, 1.165) is 11.3 Å². The zero-order valence-corrected chi connectivity index (χ0v) is 16.9. The number of likely N-dealkylation sites (tertiary alicyclic amines) is 1. The Bertz CT molecular complexity index is 660. The first-order chi connectivity index (χ1) is 12.6. The van der Waals surface area contributed by atoms with Gasteiger partial charge >= 0.3 is 12.0 Å². The number of rotatable bonds is 7. The van der Waals surface area contributed by atoms with Gasteiger partial charge in [-0.05, 0) is 59.0 Å². The summed E-state index contributed by atoms with van der Waals surface area (Å²) in [5.41, 5.74) is 0.220. The van der Waals surface area contributed by atoms with Crippen molar-refractivity contribution in [3.05, 3.63) is 29.8 Å². The minimum absolute atomic E-state index is 0.00973. The number of carbonyl (C=O) groups is 2. The van der Waals surface area contributed by atoms with Crippen LogP contribution in [0, 0.1) is 5.41 Å². The predicted octanol–water partition coefficient (Wildman–Crippen LogP) is 2.58. The van der Waals surface area contributed by atoms with Gasteiger partial charge < -0.3 is 25.0 Å². The van der Waals surface area contributed by atoms with Gasteiger partial charge in [-0.3, -0.25) is 4.79 Å². The molecule has 2 rings (SSSR count). The SMILES string of the molecule is CC(C)Oc1ccc(C(CNC(=O)N2CCC(C)(C(=O)O)C2)N(C)C)cc1. The highest BCUT2D eigenvalue weighted by atomic mass is 16.5. The fourth-order valence-electron chi connectivity index (χ4n) is 3.24. The van der Waals surface area contributed by atoms with Crippen LogP contribution in [-0.4, -0.2) is 66.7 Å². The van der Waals surface area contributed by atoms with E-state index < -0.39 is 11.4 Å². The van der Waals surface area contributed by atoms with E-state index >= 15 is 0 Å². The summed E-state index contributed by atoms with van der Waals surface area (Å²) < 4.78 is 5.68. The van der Waals surface area contributed by atoms with E-state index in [1.807, 2.05) is 57.1 Å². The second-order valence-corrected chi connectivity index (χ2v) is 7.94. The van der Waals surface area contributed by atoms with Crippen LogP contribution in [0.4, 0.5) is 4.79 Å². The lowest BCUT2D eigenvalue weighted by Crippen LogP contribution is -2.43. The van der Waals surface area contributed by atoms with Crippen molar-refractivity contribution < 1.29 is 19.4 Å². The van der Waals surface area contributed by atoms with Crippen molar-refractivity contribution in [3.63, 3.8) is 0 Å². The zero-order valence-electron chi connectivity index (χ0n) is 16.9. The van der Waals surface area contributed by atoms with Gasteiger partial charge in [0.15, 0.2) is 0 Å². The van der Waals surface area contributed by atoms with Crippen LogP contribution in [0.25, 0.3) is 0 Å². The highest BCUT2D eigenvalue weighted by Crippen LogP contribution is 2.30. The van der Waals surface area contributed by atoms with Crippen molar-refractivity contribution in [2.45, 2.75) is 39.3 Å². The normalized spacial score (nSPS) is 20.8. The van der Waals surface area contributed by atoms with Gasteiger partial charge in [0.05, 0.1) is 17.6 Å². The molecule has 0 saturated carbocycles. The van der Waals surface area contributed by atoms with E-state index in [9.17, 15) is 14.7 Å². The van der Waals surface area contributed by atoms with Crippen LogP contribution in [-0.2, 0) is 4.79 Å². The molecule has 2 amide bonds. The number of carboxylic acids is 1. The Morgan fingerprint density at radius 2 is 1.93 bits per heavy atom. The Labute approximate surface area is 161 Å². The molecular weight excluding hydrogens is 346 g/mol. The van der Waals surface area contributed by atoms with Crippen molar-refractivity contribution in [2.24, 2.45) is 5.41 Å². The molecule has 0 aliphatic carbocycles. The van der Waals surface area contributed by atoms with Crippen LogP contribution in [0.1, 0.15) is 38.8 Å². The maximum absolute atomic E-state index is 12.5.